The number of rotatable bonds is 10. The number of carbonyl (C=O) groups excluding carboxylic acids is 1. The molecule has 0 radical (unpaired) electrons. The first-order valence-electron chi connectivity index (χ1n) is 17.6. The Bertz CT molecular complexity index is 2640. The molecule has 7 nitrogen and oxygen atoms in total. The maximum atomic E-state index is 13.5. The molecule has 8 rings (SSSR count). The number of hydrogen-bond donors (Lipinski definition) is 3. The Morgan fingerprint density at radius 3 is 1.53 bits per heavy atom. The molecule has 3 N–H and O–H groups in total. The lowest BCUT2D eigenvalue weighted by atomic mass is 10.0. The van der Waals surface area contributed by atoms with Crippen molar-refractivity contribution < 1.29 is 37.4 Å². The van der Waals surface area contributed by atoms with Gasteiger partial charge in [0.15, 0.2) is 0 Å². The number of furan rings is 2. The Morgan fingerprint density at radius 2 is 1.04 bits per heavy atom. The van der Waals surface area contributed by atoms with Crippen LogP contribution >= 0.6 is 0 Å². The zero-order valence-corrected chi connectivity index (χ0v) is 29.5. The zero-order chi connectivity index (χ0) is 38.3. The number of carboxylic acid groups (broad SMARTS) is 1. The van der Waals surface area contributed by atoms with Gasteiger partial charge in [-0.2, -0.15) is 0 Å². The normalized spacial score (nSPS) is 11.0. The third kappa shape index (κ3) is 8.70. The molecule has 0 aliphatic rings. The van der Waals surface area contributed by atoms with E-state index >= 15 is 0 Å². The van der Waals surface area contributed by atoms with E-state index in [1.54, 1.807) is 42.5 Å². The van der Waals surface area contributed by atoms with Crippen molar-refractivity contribution in [3.05, 3.63) is 191 Å². The number of carboxylic acids is 1. The van der Waals surface area contributed by atoms with Crippen molar-refractivity contribution in [3.63, 3.8) is 0 Å². The standard InChI is InChI=1S/C24H20FNO3.C22H15FO3/c25-20-8-1-4-16(12-20)13-21-15-18-6-3-9-22(23(18)29-21)17-5-2-7-19(14-17)24(28)26-10-11-27;23-18-8-1-4-14(10-18)11-19-13-16-6-3-9-20(21(16)26-19)15-5-2-7-17(12-15)22(24)25/h1-9,12,14-15,27H,10-11,13H2,(H,26,28);1-10,12-13H,11H2,(H,24,25). The van der Waals surface area contributed by atoms with Gasteiger partial charge in [0, 0.05) is 46.8 Å². The Labute approximate surface area is 315 Å². The molecule has 2 heterocycles. The first-order valence-corrected chi connectivity index (χ1v) is 17.6. The van der Waals surface area contributed by atoms with Gasteiger partial charge >= 0.3 is 5.97 Å². The van der Waals surface area contributed by atoms with Crippen molar-refractivity contribution in [2.75, 3.05) is 13.2 Å². The molecule has 9 heteroatoms. The van der Waals surface area contributed by atoms with Gasteiger partial charge in [-0.1, -0.05) is 84.9 Å². The summed E-state index contributed by atoms with van der Waals surface area (Å²) in [6, 6.07) is 42.5. The monoisotopic (exact) mass is 735 g/mol. The Kier molecular flexibility index (Phi) is 10.9. The number of hydrogen-bond acceptors (Lipinski definition) is 5. The molecule has 274 valence electrons. The van der Waals surface area contributed by atoms with Crippen molar-refractivity contribution >= 4 is 33.8 Å². The molecule has 0 bridgehead atoms. The molecule has 1 amide bonds. The quantitative estimate of drug-likeness (QED) is 0.129. The van der Waals surface area contributed by atoms with Crippen LogP contribution in [0.5, 0.6) is 0 Å². The van der Waals surface area contributed by atoms with Crippen molar-refractivity contribution in [2.24, 2.45) is 0 Å². The summed E-state index contributed by atoms with van der Waals surface area (Å²) in [7, 11) is 0. The lowest BCUT2D eigenvalue weighted by Crippen LogP contribution is -2.26. The van der Waals surface area contributed by atoms with Crippen LogP contribution in [-0.4, -0.2) is 35.2 Å². The number of benzene rings is 6. The fraction of sp³-hybridized carbons (Fsp3) is 0.0870. The molecule has 2 aromatic heterocycles. The highest BCUT2D eigenvalue weighted by Crippen LogP contribution is 2.34. The van der Waals surface area contributed by atoms with Gasteiger partial charge in [-0.25, -0.2) is 13.6 Å². The Hall–Kier alpha value is -6.84. The average molecular weight is 736 g/mol. The summed E-state index contributed by atoms with van der Waals surface area (Å²) in [4.78, 5) is 23.4. The molecule has 0 spiro atoms. The van der Waals surface area contributed by atoms with E-state index in [4.69, 9.17) is 13.9 Å². The first kappa shape index (κ1) is 36.5. The van der Waals surface area contributed by atoms with Crippen molar-refractivity contribution in [3.8, 4) is 22.3 Å². The molecular formula is C46H35F2NO6. The van der Waals surface area contributed by atoms with Gasteiger partial charge in [-0.05, 0) is 82.9 Å². The number of amides is 1. The van der Waals surface area contributed by atoms with E-state index < -0.39 is 5.97 Å². The summed E-state index contributed by atoms with van der Waals surface area (Å²) in [5, 5.41) is 22.6. The van der Waals surface area contributed by atoms with Crippen LogP contribution in [0.25, 0.3) is 44.2 Å². The largest absolute Gasteiger partial charge is 0.478 e. The Balaban J connectivity index is 0.000000170. The number of halogens is 2. The molecule has 0 aliphatic carbocycles. The van der Waals surface area contributed by atoms with Gasteiger partial charge in [0.2, 0.25) is 0 Å². The minimum atomic E-state index is -0.967. The molecule has 0 unspecified atom stereocenters. The van der Waals surface area contributed by atoms with E-state index in [9.17, 15) is 23.5 Å². The lowest BCUT2D eigenvalue weighted by molar-refractivity contribution is 0.0696. The molecule has 8 aromatic rings. The molecule has 0 fully saturated rings. The average Bonchev–Trinajstić information content (AvgIpc) is 3.80. The molecule has 0 atom stereocenters. The minimum absolute atomic E-state index is 0.106. The van der Waals surface area contributed by atoms with Crippen molar-refractivity contribution in [1.29, 1.82) is 0 Å². The fourth-order valence-electron chi connectivity index (χ4n) is 6.48. The highest BCUT2D eigenvalue weighted by atomic mass is 19.1. The van der Waals surface area contributed by atoms with E-state index in [-0.39, 0.29) is 36.3 Å². The maximum Gasteiger partial charge on any atom is 0.335 e. The lowest BCUT2D eigenvalue weighted by Gasteiger charge is -2.07. The van der Waals surface area contributed by atoms with E-state index in [2.05, 4.69) is 5.32 Å². The summed E-state index contributed by atoms with van der Waals surface area (Å²) in [5.41, 5.74) is 7.19. The second-order valence-corrected chi connectivity index (χ2v) is 12.9. The third-order valence-corrected chi connectivity index (χ3v) is 8.98. The summed E-state index contributed by atoms with van der Waals surface area (Å²) in [6.45, 7) is 0.103. The van der Waals surface area contributed by atoms with E-state index in [1.165, 1.54) is 24.3 Å². The predicted octanol–water partition coefficient (Wildman–Crippen LogP) is 10.1. The number of fused-ring (bicyclic) bond motifs is 2. The molecule has 0 saturated heterocycles. The number of nitrogens with one attached hydrogen (secondary N) is 1. The molecule has 55 heavy (non-hydrogen) atoms. The van der Waals surface area contributed by atoms with Gasteiger partial charge in [-0.3, -0.25) is 4.79 Å². The highest BCUT2D eigenvalue weighted by molar-refractivity contribution is 5.98. The van der Waals surface area contributed by atoms with Gasteiger partial charge in [0.25, 0.3) is 5.91 Å². The summed E-state index contributed by atoms with van der Waals surface area (Å²) < 4.78 is 39.0. The molecule has 0 saturated carbocycles. The summed E-state index contributed by atoms with van der Waals surface area (Å²) in [5.74, 6) is -0.271. The fourth-order valence-corrected chi connectivity index (χ4v) is 6.48. The highest BCUT2D eigenvalue weighted by Gasteiger charge is 2.14. The number of aliphatic hydroxyl groups excluding tert-OH is 1. The second-order valence-electron chi connectivity index (χ2n) is 12.9. The van der Waals surface area contributed by atoms with Crippen LogP contribution in [-0.2, 0) is 12.8 Å². The van der Waals surface area contributed by atoms with Gasteiger partial charge in [0.1, 0.15) is 34.3 Å². The third-order valence-electron chi connectivity index (χ3n) is 8.98. The smallest absolute Gasteiger partial charge is 0.335 e. The summed E-state index contributed by atoms with van der Waals surface area (Å²) in [6.07, 6.45) is 0.983. The first-order chi connectivity index (χ1) is 26.7. The van der Waals surface area contributed by atoms with Gasteiger partial charge in [0.05, 0.1) is 12.2 Å². The SMILES string of the molecule is O=C(NCCO)c1cccc(-c2cccc3cc(Cc4cccc(F)c4)oc23)c1.O=C(O)c1cccc(-c2cccc3cc(Cc4cccc(F)c4)oc23)c1. The zero-order valence-electron chi connectivity index (χ0n) is 29.5. The van der Waals surface area contributed by atoms with Gasteiger partial charge < -0.3 is 24.4 Å². The van der Waals surface area contributed by atoms with E-state index in [1.807, 2.05) is 78.9 Å². The molecular weight excluding hydrogens is 701 g/mol. The van der Waals surface area contributed by atoms with Crippen LogP contribution in [0.3, 0.4) is 0 Å². The van der Waals surface area contributed by atoms with Crippen LogP contribution in [0.4, 0.5) is 8.78 Å². The maximum absolute atomic E-state index is 13.5. The molecule has 0 aliphatic heterocycles. The van der Waals surface area contributed by atoms with Gasteiger partial charge in [-0.15, -0.1) is 0 Å². The van der Waals surface area contributed by atoms with Crippen molar-refractivity contribution in [1.82, 2.24) is 5.32 Å². The van der Waals surface area contributed by atoms with Crippen LogP contribution in [0.15, 0.2) is 154 Å². The topological polar surface area (TPSA) is 113 Å². The predicted molar refractivity (Wildman–Crippen MR) is 208 cm³/mol. The van der Waals surface area contributed by atoms with Crippen LogP contribution in [0.2, 0.25) is 0 Å². The van der Waals surface area contributed by atoms with Crippen LogP contribution < -0.4 is 5.32 Å². The van der Waals surface area contributed by atoms with Crippen LogP contribution in [0.1, 0.15) is 43.4 Å². The number of aromatic carboxylic acids is 1. The van der Waals surface area contributed by atoms with Crippen molar-refractivity contribution in [2.45, 2.75) is 12.8 Å². The second kappa shape index (κ2) is 16.4. The summed E-state index contributed by atoms with van der Waals surface area (Å²) >= 11 is 0. The number of carbonyl (C=O) groups is 2. The number of aliphatic hydroxyl groups is 1. The minimum Gasteiger partial charge on any atom is -0.478 e. The van der Waals surface area contributed by atoms with Crippen LogP contribution in [0, 0.1) is 11.6 Å². The van der Waals surface area contributed by atoms with E-state index in [0.29, 0.717) is 24.0 Å². The van der Waals surface area contributed by atoms with E-state index in [0.717, 1.165) is 61.3 Å². The Morgan fingerprint density at radius 1 is 0.564 bits per heavy atom. The molecule has 6 aromatic carbocycles. The number of para-hydroxylation sites is 2.